The smallest absolute Gasteiger partial charge is 0.305 e. The average Bonchev–Trinajstić information content (AvgIpc) is 2.50. The van der Waals surface area contributed by atoms with Crippen molar-refractivity contribution < 1.29 is 48.0 Å². The second-order valence-electron chi connectivity index (χ2n) is 5.92. The lowest BCUT2D eigenvalue weighted by Crippen LogP contribution is -2.67. The molecule has 0 radical (unpaired) electrons. The molecule has 0 aromatic rings. The highest BCUT2D eigenvalue weighted by Crippen LogP contribution is 2.29. The minimum Gasteiger partial charge on any atom is -0.463 e. The maximum Gasteiger partial charge on any atom is 0.305 e. The monoisotopic (exact) mass is 389 g/mol. The molecular formula is C16H23NO10. The lowest BCUT2D eigenvalue weighted by atomic mass is 9.95. The molecule has 1 N–H and O–H groups in total. The molecule has 0 aromatic heterocycles. The summed E-state index contributed by atoms with van der Waals surface area (Å²) in [7, 11) is 0. The highest BCUT2D eigenvalue weighted by Gasteiger charge is 2.53. The number of hydrogen-bond donors (Lipinski definition) is 1. The highest BCUT2D eigenvalue weighted by atomic mass is 16.7. The summed E-state index contributed by atoms with van der Waals surface area (Å²) in [5.41, 5.74) is 0. The van der Waals surface area contributed by atoms with Gasteiger partial charge in [-0.05, 0) is 0 Å². The zero-order valence-corrected chi connectivity index (χ0v) is 15.7. The molecule has 0 bridgehead atoms. The number of carbonyl (C=O) groups excluding carboxylic acids is 5. The van der Waals surface area contributed by atoms with E-state index in [2.05, 4.69) is 0 Å². The molecule has 5 unspecified atom stereocenters. The van der Waals surface area contributed by atoms with Crippen LogP contribution < -0.4 is 0 Å². The van der Waals surface area contributed by atoms with Gasteiger partial charge in [0.15, 0.2) is 6.10 Å². The Balaban J connectivity index is 3.35. The number of imide groups is 1. The van der Waals surface area contributed by atoms with Crippen LogP contribution in [-0.2, 0) is 42.9 Å². The Hall–Kier alpha value is -2.53. The summed E-state index contributed by atoms with van der Waals surface area (Å²) in [6, 6.07) is -1.43. The topological polar surface area (TPSA) is 146 Å². The van der Waals surface area contributed by atoms with Crippen LogP contribution in [0.25, 0.3) is 0 Å². The molecule has 1 heterocycles. The van der Waals surface area contributed by atoms with E-state index in [9.17, 15) is 29.1 Å². The van der Waals surface area contributed by atoms with E-state index in [1.54, 1.807) is 0 Å². The molecule has 1 rings (SSSR count). The van der Waals surface area contributed by atoms with E-state index in [4.69, 9.17) is 18.9 Å². The first-order chi connectivity index (χ1) is 12.5. The van der Waals surface area contributed by atoms with Gasteiger partial charge in [-0.1, -0.05) is 0 Å². The number of rotatable bonds is 5. The molecule has 0 saturated carbocycles. The Morgan fingerprint density at radius 2 is 1.41 bits per heavy atom. The Morgan fingerprint density at radius 3 is 1.81 bits per heavy atom. The minimum absolute atomic E-state index is 0.432. The van der Waals surface area contributed by atoms with Gasteiger partial charge < -0.3 is 24.1 Å². The van der Waals surface area contributed by atoms with Crippen molar-refractivity contribution in [1.29, 1.82) is 0 Å². The Labute approximate surface area is 155 Å². The first-order valence-corrected chi connectivity index (χ1v) is 8.07. The van der Waals surface area contributed by atoms with Crippen molar-refractivity contribution in [1.82, 2.24) is 4.90 Å². The molecule has 27 heavy (non-hydrogen) atoms. The third-order valence-electron chi connectivity index (χ3n) is 3.65. The van der Waals surface area contributed by atoms with Crippen molar-refractivity contribution in [2.24, 2.45) is 0 Å². The molecule has 1 fully saturated rings. The van der Waals surface area contributed by atoms with Gasteiger partial charge in [0, 0.05) is 34.6 Å². The average molecular weight is 389 g/mol. The first kappa shape index (κ1) is 22.5. The SMILES string of the molecule is CC(=O)OCC1OC(OC(C)=O)C(N(C(C)=O)C(C)=O)C(OC(C)=O)C1O. The molecule has 11 nitrogen and oxygen atoms in total. The van der Waals surface area contributed by atoms with Crippen LogP contribution in [-0.4, -0.2) is 77.0 Å². The molecule has 0 spiro atoms. The fraction of sp³-hybridized carbons (Fsp3) is 0.688. The Bertz CT molecular complexity index is 604. The Kier molecular flexibility index (Phi) is 7.85. The highest BCUT2D eigenvalue weighted by molar-refractivity contribution is 5.93. The number of hydrogen-bond acceptors (Lipinski definition) is 10. The number of amides is 2. The van der Waals surface area contributed by atoms with Gasteiger partial charge in [0.05, 0.1) is 0 Å². The zero-order valence-electron chi connectivity index (χ0n) is 15.7. The van der Waals surface area contributed by atoms with E-state index >= 15 is 0 Å². The predicted octanol–water partition coefficient (Wildman–Crippen LogP) is -1.11. The van der Waals surface area contributed by atoms with Crippen LogP contribution in [0, 0.1) is 0 Å². The third kappa shape index (κ3) is 6.00. The molecule has 0 aromatic carbocycles. The largest absolute Gasteiger partial charge is 0.463 e. The zero-order chi connectivity index (χ0) is 20.9. The maximum absolute atomic E-state index is 12.0. The van der Waals surface area contributed by atoms with Crippen LogP contribution in [0.15, 0.2) is 0 Å². The van der Waals surface area contributed by atoms with E-state index in [-0.39, 0.29) is 0 Å². The fourth-order valence-electron chi connectivity index (χ4n) is 2.74. The van der Waals surface area contributed by atoms with Crippen molar-refractivity contribution in [3.05, 3.63) is 0 Å². The van der Waals surface area contributed by atoms with Crippen molar-refractivity contribution in [3.8, 4) is 0 Å². The first-order valence-electron chi connectivity index (χ1n) is 8.07. The summed E-state index contributed by atoms with van der Waals surface area (Å²) in [5, 5.41) is 10.5. The lowest BCUT2D eigenvalue weighted by molar-refractivity contribution is -0.279. The van der Waals surface area contributed by atoms with E-state index in [0.717, 1.165) is 34.6 Å². The molecule has 1 aliphatic heterocycles. The van der Waals surface area contributed by atoms with Crippen molar-refractivity contribution in [2.45, 2.75) is 65.3 Å². The van der Waals surface area contributed by atoms with Gasteiger partial charge in [0.25, 0.3) is 0 Å². The number of carbonyl (C=O) groups is 5. The Morgan fingerprint density at radius 1 is 0.889 bits per heavy atom. The normalized spacial score (nSPS) is 27.3. The van der Waals surface area contributed by atoms with Gasteiger partial charge in [-0.3, -0.25) is 28.9 Å². The van der Waals surface area contributed by atoms with E-state index in [1.807, 2.05) is 0 Å². The molecule has 2 amide bonds. The van der Waals surface area contributed by atoms with Crippen LogP contribution in [0.3, 0.4) is 0 Å². The minimum atomic E-state index is -1.58. The summed E-state index contributed by atoms with van der Waals surface area (Å²) in [6.45, 7) is 4.99. The summed E-state index contributed by atoms with van der Waals surface area (Å²) >= 11 is 0. The summed E-state index contributed by atoms with van der Waals surface area (Å²) in [6.07, 6.45) is -5.84. The van der Waals surface area contributed by atoms with Crippen molar-refractivity contribution >= 4 is 29.7 Å². The van der Waals surface area contributed by atoms with Crippen LogP contribution in [0.5, 0.6) is 0 Å². The van der Waals surface area contributed by atoms with Gasteiger partial charge in [-0.2, -0.15) is 0 Å². The maximum atomic E-state index is 12.0. The van der Waals surface area contributed by atoms with Gasteiger partial charge in [-0.25, -0.2) is 0 Å². The van der Waals surface area contributed by atoms with E-state index < -0.39 is 67.0 Å². The third-order valence-corrected chi connectivity index (χ3v) is 3.65. The van der Waals surface area contributed by atoms with Crippen LogP contribution in [0.1, 0.15) is 34.6 Å². The van der Waals surface area contributed by atoms with Gasteiger partial charge in [-0.15, -0.1) is 0 Å². The number of nitrogens with zero attached hydrogens (tertiary/aromatic N) is 1. The summed E-state index contributed by atoms with van der Waals surface area (Å²) in [5.74, 6) is -3.76. The van der Waals surface area contributed by atoms with E-state index in [1.165, 1.54) is 0 Å². The molecule has 0 aliphatic carbocycles. The molecule has 1 aliphatic rings. The van der Waals surface area contributed by atoms with Crippen molar-refractivity contribution in [2.75, 3.05) is 6.61 Å². The molecule has 5 atom stereocenters. The number of ether oxygens (including phenoxy) is 4. The van der Waals surface area contributed by atoms with Gasteiger partial charge >= 0.3 is 17.9 Å². The van der Waals surface area contributed by atoms with Gasteiger partial charge in [0.1, 0.15) is 24.9 Å². The fourth-order valence-corrected chi connectivity index (χ4v) is 2.74. The quantitative estimate of drug-likeness (QED) is 0.454. The van der Waals surface area contributed by atoms with Crippen LogP contribution in [0.4, 0.5) is 0 Å². The van der Waals surface area contributed by atoms with Gasteiger partial charge in [0.2, 0.25) is 18.1 Å². The lowest BCUT2D eigenvalue weighted by Gasteiger charge is -2.46. The standard InChI is InChI=1S/C16H23NO10/c1-7(18)17(8(2)19)13-15(25-10(4)21)14(23)12(6-24-9(3)20)27-16(13)26-11(5)22/h12-16,23H,6H2,1-5H3. The number of esters is 3. The molecule has 152 valence electrons. The van der Waals surface area contributed by atoms with E-state index in [0.29, 0.717) is 4.90 Å². The number of aliphatic hydroxyl groups excluding tert-OH is 1. The summed E-state index contributed by atoms with van der Waals surface area (Å²) < 4.78 is 20.4. The molecule has 11 heteroatoms. The molecular weight excluding hydrogens is 366 g/mol. The molecule has 1 saturated heterocycles. The number of aliphatic hydroxyl groups is 1. The van der Waals surface area contributed by atoms with Crippen LogP contribution in [0.2, 0.25) is 0 Å². The predicted molar refractivity (Wildman–Crippen MR) is 85.6 cm³/mol. The summed E-state index contributed by atoms with van der Waals surface area (Å²) in [4.78, 5) is 58.6. The second kappa shape index (κ2) is 9.42. The van der Waals surface area contributed by atoms with Crippen LogP contribution >= 0.6 is 0 Å². The second-order valence-corrected chi connectivity index (χ2v) is 5.92. The van der Waals surface area contributed by atoms with Crippen molar-refractivity contribution in [3.63, 3.8) is 0 Å².